The van der Waals surface area contributed by atoms with Crippen LogP contribution >= 0.6 is 0 Å². The van der Waals surface area contributed by atoms with Crippen molar-refractivity contribution in [3.05, 3.63) is 17.5 Å². The molecule has 3 nitrogen and oxygen atoms in total. The first-order valence-corrected chi connectivity index (χ1v) is 4.13. The second-order valence-corrected chi connectivity index (χ2v) is 3.17. The fraction of sp³-hybridized carbons (Fsp3) is 0.625. The standard InChI is InChI=1S/C8H12F3N3/c1-5-4-13-14(2)7(5)6(3-12)8(9,10)11/h4,6H,3,12H2,1-2H3. The van der Waals surface area contributed by atoms with Crippen LogP contribution in [0.1, 0.15) is 17.2 Å². The van der Waals surface area contributed by atoms with Crippen molar-refractivity contribution in [1.29, 1.82) is 0 Å². The number of hydrogen-bond donors (Lipinski definition) is 1. The smallest absolute Gasteiger partial charge is 0.329 e. The first kappa shape index (κ1) is 11.0. The third-order valence-electron chi connectivity index (χ3n) is 2.14. The van der Waals surface area contributed by atoms with E-state index in [0.29, 0.717) is 5.56 Å². The van der Waals surface area contributed by atoms with Gasteiger partial charge in [0.2, 0.25) is 0 Å². The van der Waals surface area contributed by atoms with Gasteiger partial charge in [0.05, 0.1) is 11.9 Å². The maximum atomic E-state index is 12.5. The van der Waals surface area contributed by atoms with E-state index < -0.39 is 18.6 Å². The highest BCUT2D eigenvalue weighted by Crippen LogP contribution is 2.34. The van der Waals surface area contributed by atoms with Gasteiger partial charge in [0.25, 0.3) is 0 Å². The van der Waals surface area contributed by atoms with Crippen LogP contribution in [-0.4, -0.2) is 22.5 Å². The van der Waals surface area contributed by atoms with E-state index in [9.17, 15) is 13.2 Å². The highest BCUT2D eigenvalue weighted by atomic mass is 19.4. The Bertz CT molecular complexity index is 297. The molecular formula is C8H12F3N3. The average Bonchev–Trinajstić information content (AvgIpc) is 2.34. The molecule has 1 atom stereocenters. The first-order valence-electron chi connectivity index (χ1n) is 4.13. The largest absolute Gasteiger partial charge is 0.398 e. The van der Waals surface area contributed by atoms with E-state index in [4.69, 9.17) is 5.73 Å². The summed E-state index contributed by atoms with van der Waals surface area (Å²) in [4.78, 5) is 0. The van der Waals surface area contributed by atoms with Gasteiger partial charge in [0, 0.05) is 13.6 Å². The van der Waals surface area contributed by atoms with Gasteiger partial charge in [-0.2, -0.15) is 18.3 Å². The lowest BCUT2D eigenvalue weighted by Gasteiger charge is -2.19. The van der Waals surface area contributed by atoms with Gasteiger partial charge in [0.15, 0.2) is 0 Å². The van der Waals surface area contributed by atoms with Gasteiger partial charge in [-0.3, -0.25) is 4.68 Å². The molecule has 80 valence electrons. The highest BCUT2D eigenvalue weighted by Gasteiger charge is 2.42. The van der Waals surface area contributed by atoms with Crippen molar-refractivity contribution in [3.63, 3.8) is 0 Å². The summed E-state index contributed by atoms with van der Waals surface area (Å²) in [7, 11) is 1.48. The van der Waals surface area contributed by atoms with Gasteiger partial charge in [-0.1, -0.05) is 0 Å². The summed E-state index contributed by atoms with van der Waals surface area (Å²) in [5, 5.41) is 3.76. The van der Waals surface area contributed by atoms with Gasteiger partial charge >= 0.3 is 6.18 Å². The minimum Gasteiger partial charge on any atom is -0.329 e. The van der Waals surface area contributed by atoms with Gasteiger partial charge < -0.3 is 5.73 Å². The Morgan fingerprint density at radius 1 is 1.57 bits per heavy atom. The van der Waals surface area contributed by atoms with Crippen molar-refractivity contribution in [3.8, 4) is 0 Å². The molecule has 0 spiro atoms. The monoisotopic (exact) mass is 207 g/mol. The van der Waals surface area contributed by atoms with Gasteiger partial charge in [0.1, 0.15) is 5.92 Å². The maximum Gasteiger partial charge on any atom is 0.398 e. The van der Waals surface area contributed by atoms with Crippen LogP contribution in [0.2, 0.25) is 0 Å². The molecule has 0 fully saturated rings. The molecule has 0 saturated carbocycles. The molecule has 0 aliphatic carbocycles. The van der Waals surface area contributed by atoms with E-state index in [2.05, 4.69) is 5.10 Å². The number of alkyl halides is 3. The van der Waals surface area contributed by atoms with Crippen LogP contribution in [0.4, 0.5) is 13.2 Å². The predicted molar refractivity (Wildman–Crippen MR) is 45.8 cm³/mol. The molecule has 0 saturated heterocycles. The Labute approximate surface area is 79.7 Å². The second kappa shape index (κ2) is 3.61. The molecule has 14 heavy (non-hydrogen) atoms. The number of nitrogens with two attached hydrogens (primary N) is 1. The van der Waals surface area contributed by atoms with Crippen molar-refractivity contribution in [2.75, 3.05) is 6.54 Å². The van der Waals surface area contributed by atoms with Crippen molar-refractivity contribution < 1.29 is 13.2 Å². The van der Waals surface area contributed by atoms with E-state index in [0.717, 1.165) is 0 Å². The summed E-state index contributed by atoms with van der Waals surface area (Å²) >= 11 is 0. The number of nitrogens with zero attached hydrogens (tertiary/aromatic N) is 2. The SMILES string of the molecule is Cc1cnn(C)c1C(CN)C(F)(F)F. The summed E-state index contributed by atoms with van der Waals surface area (Å²) in [6.45, 7) is 1.14. The number of halogens is 3. The van der Waals surface area contributed by atoms with E-state index in [1.54, 1.807) is 6.92 Å². The molecule has 0 amide bonds. The van der Waals surface area contributed by atoms with Crippen LogP contribution in [0.25, 0.3) is 0 Å². The average molecular weight is 207 g/mol. The van der Waals surface area contributed by atoms with Crippen molar-refractivity contribution in [2.45, 2.75) is 19.0 Å². The summed E-state index contributed by atoms with van der Waals surface area (Å²) in [6, 6.07) is 0. The normalized spacial score (nSPS) is 14.4. The molecule has 1 heterocycles. The van der Waals surface area contributed by atoms with Gasteiger partial charge in [-0.05, 0) is 12.5 Å². The molecule has 1 rings (SSSR count). The molecule has 0 bridgehead atoms. The van der Waals surface area contributed by atoms with Crippen LogP contribution in [0.5, 0.6) is 0 Å². The molecule has 1 aromatic heterocycles. The summed E-state index contributed by atoms with van der Waals surface area (Å²) in [5.74, 6) is -1.63. The molecule has 0 aliphatic rings. The summed E-state index contributed by atoms with van der Waals surface area (Å²) < 4.78 is 38.8. The molecule has 2 N–H and O–H groups in total. The summed E-state index contributed by atoms with van der Waals surface area (Å²) in [6.07, 6.45) is -2.91. The Morgan fingerprint density at radius 3 is 2.43 bits per heavy atom. The topological polar surface area (TPSA) is 43.8 Å². The Morgan fingerprint density at radius 2 is 2.14 bits per heavy atom. The van der Waals surface area contributed by atoms with Crippen molar-refractivity contribution in [2.24, 2.45) is 12.8 Å². The molecule has 6 heteroatoms. The summed E-state index contributed by atoms with van der Waals surface area (Å²) in [5.41, 5.74) is 5.78. The number of aryl methyl sites for hydroxylation is 2. The maximum absolute atomic E-state index is 12.5. The zero-order chi connectivity index (χ0) is 10.9. The molecule has 1 unspecified atom stereocenters. The minimum atomic E-state index is -4.31. The Hall–Kier alpha value is -1.04. The highest BCUT2D eigenvalue weighted by molar-refractivity contribution is 5.21. The van der Waals surface area contributed by atoms with E-state index in [1.807, 2.05) is 0 Å². The van der Waals surface area contributed by atoms with Crippen LogP contribution < -0.4 is 5.73 Å². The van der Waals surface area contributed by atoms with Gasteiger partial charge in [-0.15, -0.1) is 0 Å². The van der Waals surface area contributed by atoms with E-state index in [1.165, 1.54) is 17.9 Å². The third-order valence-corrected chi connectivity index (χ3v) is 2.14. The predicted octanol–water partition coefficient (Wildman–Crippen LogP) is 1.33. The lowest BCUT2D eigenvalue weighted by atomic mass is 10.0. The van der Waals surface area contributed by atoms with Crippen LogP contribution in [0.3, 0.4) is 0 Å². The van der Waals surface area contributed by atoms with Crippen molar-refractivity contribution in [1.82, 2.24) is 9.78 Å². The lowest BCUT2D eigenvalue weighted by Crippen LogP contribution is -2.30. The fourth-order valence-electron chi connectivity index (χ4n) is 1.46. The van der Waals surface area contributed by atoms with E-state index >= 15 is 0 Å². The third kappa shape index (κ3) is 1.89. The van der Waals surface area contributed by atoms with Crippen LogP contribution in [0, 0.1) is 6.92 Å². The fourth-order valence-corrected chi connectivity index (χ4v) is 1.46. The van der Waals surface area contributed by atoms with Crippen molar-refractivity contribution >= 4 is 0 Å². The molecule has 0 aliphatic heterocycles. The lowest BCUT2D eigenvalue weighted by molar-refractivity contribution is -0.149. The van der Waals surface area contributed by atoms with Crippen LogP contribution in [0.15, 0.2) is 6.20 Å². The molecule has 0 radical (unpaired) electrons. The molecule has 1 aromatic rings. The second-order valence-electron chi connectivity index (χ2n) is 3.17. The number of rotatable bonds is 2. The zero-order valence-corrected chi connectivity index (χ0v) is 7.97. The first-order chi connectivity index (χ1) is 6.38. The number of aromatic nitrogens is 2. The quantitative estimate of drug-likeness (QED) is 0.795. The zero-order valence-electron chi connectivity index (χ0n) is 7.97. The molecular weight excluding hydrogens is 195 g/mol. The van der Waals surface area contributed by atoms with E-state index in [-0.39, 0.29) is 5.69 Å². The molecule has 0 aromatic carbocycles. The minimum absolute atomic E-state index is 0.139. The van der Waals surface area contributed by atoms with Gasteiger partial charge in [-0.25, -0.2) is 0 Å². The number of hydrogen-bond acceptors (Lipinski definition) is 2. The Kier molecular flexibility index (Phi) is 2.84. The van der Waals surface area contributed by atoms with Crippen LogP contribution in [-0.2, 0) is 7.05 Å². The Balaban J connectivity index is 3.13.